The van der Waals surface area contributed by atoms with Crippen molar-refractivity contribution < 1.29 is 19.8 Å². The molecule has 1 aromatic carbocycles. The number of benzene rings is 1. The SMILES string of the molecule is Cc1cn2c(c(O)c(C(=O)NC(C)C(=O)O)c(=O)n2C)c1-c1ccccc1. The van der Waals surface area contributed by atoms with E-state index in [1.807, 2.05) is 37.3 Å². The van der Waals surface area contributed by atoms with Crippen LogP contribution in [0, 0.1) is 6.92 Å². The monoisotopic (exact) mass is 369 g/mol. The molecule has 0 saturated heterocycles. The van der Waals surface area contributed by atoms with E-state index in [1.165, 1.54) is 23.2 Å². The number of hydrogen-bond acceptors (Lipinski definition) is 4. The maximum Gasteiger partial charge on any atom is 0.325 e. The summed E-state index contributed by atoms with van der Waals surface area (Å²) in [4.78, 5) is 36.1. The lowest BCUT2D eigenvalue weighted by Crippen LogP contribution is -2.41. The Bertz CT molecular complexity index is 1110. The van der Waals surface area contributed by atoms with Crippen molar-refractivity contribution in [2.45, 2.75) is 19.9 Å². The van der Waals surface area contributed by atoms with Crippen molar-refractivity contribution in [3.63, 3.8) is 0 Å². The molecule has 1 unspecified atom stereocenters. The van der Waals surface area contributed by atoms with E-state index >= 15 is 0 Å². The molecule has 140 valence electrons. The molecule has 0 saturated carbocycles. The zero-order valence-electron chi connectivity index (χ0n) is 15.1. The summed E-state index contributed by atoms with van der Waals surface area (Å²) >= 11 is 0. The maximum absolute atomic E-state index is 12.6. The molecule has 0 spiro atoms. The third kappa shape index (κ3) is 2.95. The summed E-state index contributed by atoms with van der Waals surface area (Å²) in [5.41, 5.74) is 1.38. The van der Waals surface area contributed by atoms with Crippen LogP contribution in [-0.2, 0) is 11.8 Å². The zero-order chi connectivity index (χ0) is 19.9. The number of aromatic nitrogens is 2. The molecule has 3 rings (SSSR count). The van der Waals surface area contributed by atoms with Crippen LogP contribution in [0.3, 0.4) is 0 Å². The molecule has 0 fully saturated rings. The smallest absolute Gasteiger partial charge is 0.325 e. The molecule has 0 aliphatic heterocycles. The van der Waals surface area contributed by atoms with E-state index in [4.69, 9.17) is 5.11 Å². The van der Waals surface area contributed by atoms with Gasteiger partial charge in [-0.15, -0.1) is 0 Å². The van der Waals surface area contributed by atoms with Gasteiger partial charge < -0.3 is 15.5 Å². The normalized spacial score (nSPS) is 12.1. The van der Waals surface area contributed by atoms with Gasteiger partial charge in [0, 0.05) is 18.8 Å². The second kappa shape index (κ2) is 6.64. The average molecular weight is 369 g/mol. The van der Waals surface area contributed by atoms with E-state index in [0.29, 0.717) is 11.1 Å². The molecule has 2 aromatic heterocycles. The quantitative estimate of drug-likeness (QED) is 0.645. The molecule has 8 nitrogen and oxygen atoms in total. The standard InChI is InChI=1S/C19H19N3O5/c1-10-9-22-15(13(10)12-7-5-4-6-8-12)16(23)14(18(25)21(22)3)17(24)20-11(2)19(26)27/h4-9,11,23H,1-3H3,(H,20,24)(H,26,27). The Labute approximate surface area is 154 Å². The number of nitrogens with zero attached hydrogens (tertiary/aromatic N) is 2. The highest BCUT2D eigenvalue weighted by Gasteiger charge is 2.26. The number of nitrogens with one attached hydrogen (secondary N) is 1. The Morgan fingerprint density at radius 1 is 1.19 bits per heavy atom. The fourth-order valence-electron chi connectivity index (χ4n) is 3.06. The topological polar surface area (TPSA) is 113 Å². The molecule has 0 aliphatic rings. The number of carboxylic acid groups (broad SMARTS) is 1. The first-order valence-corrected chi connectivity index (χ1v) is 8.27. The van der Waals surface area contributed by atoms with Gasteiger partial charge in [0.25, 0.3) is 11.5 Å². The number of hydrogen-bond donors (Lipinski definition) is 3. The third-order valence-electron chi connectivity index (χ3n) is 4.48. The van der Waals surface area contributed by atoms with Crippen molar-refractivity contribution >= 4 is 17.4 Å². The first-order chi connectivity index (χ1) is 12.7. The summed E-state index contributed by atoms with van der Waals surface area (Å²) in [6.45, 7) is 3.11. The van der Waals surface area contributed by atoms with Gasteiger partial charge in [0.05, 0.1) is 0 Å². The Kier molecular flexibility index (Phi) is 4.49. The minimum absolute atomic E-state index is 0.300. The summed E-state index contributed by atoms with van der Waals surface area (Å²) in [7, 11) is 1.47. The van der Waals surface area contributed by atoms with Crippen molar-refractivity contribution in [2.24, 2.45) is 7.05 Å². The Hall–Kier alpha value is -3.55. The molecule has 2 heterocycles. The molecule has 8 heteroatoms. The lowest BCUT2D eigenvalue weighted by Gasteiger charge is -2.14. The number of amides is 1. The van der Waals surface area contributed by atoms with Gasteiger partial charge >= 0.3 is 5.97 Å². The molecular weight excluding hydrogens is 350 g/mol. The van der Waals surface area contributed by atoms with Crippen LogP contribution >= 0.6 is 0 Å². The number of carbonyl (C=O) groups is 2. The number of carbonyl (C=O) groups excluding carboxylic acids is 1. The molecule has 0 radical (unpaired) electrons. The first kappa shape index (κ1) is 18.2. The number of aryl methyl sites for hydroxylation is 2. The van der Waals surface area contributed by atoms with Crippen LogP contribution in [-0.4, -0.2) is 37.3 Å². The summed E-state index contributed by atoms with van der Waals surface area (Å²) in [6, 6.07) is 8.07. The molecule has 1 atom stereocenters. The summed E-state index contributed by atoms with van der Waals surface area (Å²) in [6.07, 6.45) is 1.69. The van der Waals surface area contributed by atoms with Crippen LogP contribution in [0.25, 0.3) is 16.6 Å². The average Bonchev–Trinajstić information content (AvgIpc) is 2.98. The molecule has 1 amide bonds. The van der Waals surface area contributed by atoms with E-state index in [-0.39, 0.29) is 0 Å². The predicted molar refractivity (Wildman–Crippen MR) is 99.0 cm³/mol. The molecule has 27 heavy (non-hydrogen) atoms. The van der Waals surface area contributed by atoms with E-state index in [9.17, 15) is 19.5 Å². The lowest BCUT2D eigenvalue weighted by atomic mass is 10.0. The highest BCUT2D eigenvalue weighted by Crippen LogP contribution is 2.35. The van der Waals surface area contributed by atoms with E-state index in [2.05, 4.69) is 5.32 Å². The highest BCUT2D eigenvalue weighted by atomic mass is 16.4. The lowest BCUT2D eigenvalue weighted by molar-refractivity contribution is -0.138. The fraction of sp³-hybridized carbons (Fsp3) is 0.211. The van der Waals surface area contributed by atoms with Crippen LogP contribution in [0.2, 0.25) is 0 Å². The van der Waals surface area contributed by atoms with Crippen molar-refractivity contribution in [1.82, 2.24) is 14.5 Å². The minimum atomic E-state index is -1.25. The van der Waals surface area contributed by atoms with Gasteiger partial charge in [-0.2, -0.15) is 0 Å². The van der Waals surface area contributed by atoms with Crippen molar-refractivity contribution in [2.75, 3.05) is 0 Å². The van der Waals surface area contributed by atoms with Crippen LogP contribution in [0.15, 0.2) is 41.3 Å². The number of fused-ring (bicyclic) bond motifs is 1. The number of aliphatic carboxylic acids is 1. The molecule has 0 bridgehead atoms. The number of carboxylic acids is 1. The van der Waals surface area contributed by atoms with Crippen LogP contribution in [0.1, 0.15) is 22.8 Å². The van der Waals surface area contributed by atoms with Crippen LogP contribution in [0.5, 0.6) is 5.75 Å². The fourth-order valence-corrected chi connectivity index (χ4v) is 3.06. The van der Waals surface area contributed by atoms with Gasteiger partial charge in [-0.1, -0.05) is 30.3 Å². The summed E-state index contributed by atoms with van der Waals surface area (Å²) in [5, 5.41) is 22.0. The van der Waals surface area contributed by atoms with Gasteiger partial charge in [-0.3, -0.25) is 18.9 Å². The zero-order valence-corrected chi connectivity index (χ0v) is 15.1. The van der Waals surface area contributed by atoms with E-state index < -0.39 is 34.8 Å². The van der Waals surface area contributed by atoms with Gasteiger partial charge in [0.2, 0.25) is 0 Å². The second-order valence-corrected chi connectivity index (χ2v) is 6.33. The maximum atomic E-state index is 12.6. The molecule has 3 N–H and O–H groups in total. The molecular formula is C19H19N3O5. The first-order valence-electron chi connectivity index (χ1n) is 8.27. The van der Waals surface area contributed by atoms with E-state index in [1.54, 1.807) is 6.20 Å². The minimum Gasteiger partial charge on any atom is -0.505 e. The number of aromatic hydroxyl groups is 1. The Balaban J connectivity index is 2.30. The van der Waals surface area contributed by atoms with E-state index in [0.717, 1.165) is 11.1 Å². The van der Waals surface area contributed by atoms with Crippen molar-refractivity contribution in [3.05, 3.63) is 58.0 Å². The predicted octanol–water partition coefficient (Wildman–Crippen LogP) is 1.52. The molecule has 0 aliphatic carbocycles. The Morgan fingerprint density at radius 2 is 1.81 bits per heavy atom. The summed E-state index contributed by atoms with van der Waals surface area (Å²) in [5.74, 6) is -2.67. The highest BCUT2D eigenvalue weighted by molar-refractivity contribution is 6.02. The van der Waals surface area contributed by atoms with Gasteiger partial charge in [0.1, 0.15) is 17.1 Å². The largest absolute Gasteiger partial charge is 0.505 e. The Morgan fingerprint density at radius 3 is 2.41 bits per heavy atom. The second-order valence-electron chi connectivity index (χ2n) is 6.33. The van der Waals surface area contributed by atoms with Crippen LogP contribution < -0.4 is 10.9 Å². The van der Waals surface area contributed by atoms with Gasteiger partial charge in [-0.25, -0.2) is 4.68 Å². The van der Waals surface area contributed by atoms with Gasteiger partial charge in [-0.05, 0) is 25.0 Å². The summed E-state index contributed by atoms with van der Waals surface area (Å²) < 4.78 is 2.68. The third-order valence-corrected chi connectivity index (χ3v) is 4.48. The van der Waals surface area contributed by atoms with Gasteiger partial charge in [0.15, 0.2) is 5.75 Å². The number of rotatable bonds is 4. The van der Waals surface area contributed by atoms with Crippen molar-refractivity contribution in [1.29, 1.82) is 0 Å². The van der Waals surface area contributed by atoms with Crippen LogP contribution in [0.4, 0.5) is 0 Å². The van der Waals surface area contributed by atoms with Crippen molar-refractivity contribution in [3.8, 4) is 16.9 Å². The molecule has 3 aromatic rings.